The van der Waals surface area contributed by atoms with E-state index in [-0.39, 0.29) is 18.8 Å². The number of methoxy groups -OCH3 is 1. The van der Waals surface area contributed by atoms with E-state index in [1.807, 2.05) is 0 Å². The summed E-state index contributed by atoms with van der Waals surface area (Å²) in [6, 6.07) is 7.61. The predicted molar refractivity (Wildman–Crippen MR) is 98.6 cm³/mol. The van der Waals surface area contributed by atoms with Crippen LogP contribution in [0.3, 0.4) is 0 Å². The van der Waals surface area contributed by atoms with Gasteiger partial charge in [-0.3, -0.25) is 4.79 Å². The van der Waals surface area contributed by atoms with Gasteiger partial charge >= 0.3 is 5.97 Å². The Morgan fingerprint density at radius 1 is 1.26 bits per heavy atom. The number of carboxylic acid groups (broad SMARTS) is 1. The highest BCUT2D eigenvalue weighted by Gasteiger charge is 2.20. The van der Waals surface area contributed by atoms with Crippen LogP contribution in [-0.2, 0) is 4.79 Å². The minimum absolute atomic E-state index is 0.0142. The first-order chi connectivity index (χ1) is 13.0. The lowest BCUT2D eigenvalue weighted by Gasteiger charge is -2.22. The minimum atomic E-state index is -0.950. The second-order valence-corrected chi connectivity index (χ2v) is 5.78. The molecule has 0 fully saturated rings. The van der Waals surface area contributed by atoms with E-state index >= 15 is 0 Å². The van der Waals surface area contributed by atoms with Crippen LogP contribution in [0.2, 0.25) is 0 Å². The molecule has 4 N–H and O–H groups in total. The Balaban J connectivity index is 1.87. The molecule has 1 aliphatic rings. The molecular weight excluding hydrogens is 355 g/mol. The van der Waals surface area contributed by atoms with Crippen molar-refractivity contribution < 1.29 is 28.5 Å². The van der Waals surface area contributed by atoms with Gasteiger partial charge in [-0.05, 0) is 24.3 Å². The molecule has 3 rings (SSSR count). The number of nitrogen functional groups attached to an aromatic ring is 1. The quantitative estimate of drug-likeness (QED) is 0.640. The second-order valence-electron chi connectivity index (χ2n) is 5.78. The van der Waals surface area contributed by atoms with E-state index in [0.29, 0.717) is 40.7 Å². The average molecular weight is 374 g/mol. The van der Waals surface area contributed by atoms with Crippen LogP contribution in [0.1, 0.15) is 12.0 Å². The van der Waals surface area contributed by atoms with Gasteiger partial charge in [-0.1, -0.05) is 0 Å². The van der Waals surface area contributed by atoms with Gasteiger partial charge in [0, 0.05) is 35.6 Å². The Morgan fingerprint density at radius 2 is 2.07 bits per heavy atom. The molecule has 27 heavy (non-hydrogen) atoms. The number of halogens is 1. The fourth-order valence-corrected chi connectivity index (χ4v) is 2.61. The molecule has 0 saturated heterocycles. The highest BCUT2D eigenvalue weighted by Crippen LogP contribution is 2.39. The number of hydrogen-bond donors (Lipinski definition) is 3. The molecule has 1 aliphatic heterocycles. The summed E-state index contributed by atoms with van der Waals surface area (Å²) in [7, 11) is 1.48. The van der Waals surface area contributed by atoms with Crippen molar-refractivity contribution in [1.29, 1.82) is 0 Å². The Kier molecular flexibility index (Phi) is 5.35. The molecule has 0 unspecified atom stereocenters. The maximum atomic E-state index is 14.1. The second kappa shape index (κ2) is 7.86. The van der Waals surface area contributed by atoms with Gasteiger partial charge in [-0.15, -0.1) is 0 Å². The van der Waals surface area contributed by atoms with Crippen molar-refractivity contribution in [3.05, 3.63) is 47.8 Å². The summed E-state index contributed by atoms with van der Waals surface area (Å²) in [6.07, 6.45) is 1.65. The van der Waals surface area contributed by atoms with Gasteiger partial charge in [0.05, 0.1) is 20.1 Å². The SMILES string of the molecule is COc1cc2c(cc1OCCC(=O)O)NCC=C2Oc1ccc(N)cc1F. The topological polar surface area (TPSA) is 103 Å². The normalized spacial score (nSPS) is 12.4. The molecule has 0 aromatic heterocycles. The summed E-state index contributed by atoms with van der Waals surface area (Å²) >= 11 is 0. The lowest BCUT2D eigenvalue weighted by Crippen LogP contribution is -2.13. The van der Waals surface area contributed by atoms with Crippen LogP contribution in [0.15, 0.2) is 36.4 Å². The van der Waals surface area contributed by atoms with E-state index in [2.05, 4.69) is 5.32 Å². The zero-order chi connectivity index (χ0) is 19.4. The fourth-order valence-electron chi connectivity index (χ4n) is 2.61. The van der Waals surface area contributed by atoms with E-state index in [1.54, 1.807) is 24.3 Å². The summed E-state index contributed by atoms with van der Waals surface area (Å²) in [4.78, 5) is 10.7. The van der Waals surface area contributed by atoms with E-state index in [1.165, 1.54) is 19.2 Å². The average Bonchev–Trinajstić information content (AvgIpc) is 2.63. The van der Waals surface area contributed by atoms with E-state index in [4.69, 9.17) is 25.1 Å². The van der Waals surface area contributed by atoms with Crippen molar-refractivity contribution in [1.82, 2.24) is 0 Å². The third-order valence-corrected chi connectivity index (χ3v) is 3.90. The van der Waals surface area contributed by atoms with Crippen molar-refractivity contribution in [3.63, 3.8) is 0 Å². The van der Waals surface area contributed by atoms with Crippen molar-refractivity contribution in [2.75, 3.05) is 31.3 Å². The van der Waals surface area contributed by atoms with E-state index in [9.17, 15) is 9.18 Å². The van der Waals surface area contributed by atoms with Gasteiger partial charge in [0.25, 0.3) is 0 Å². The van der Waals surface area contributed by atoms with Crippen LogP contribution in [0.5, 0.6) is 17.2 Å². The predicted octanol–water partition coefficient (Wildman–Crippen LogP) is 3.12. The number of benzene rings is 2. The van der Waals surface area contributed by atoms with Gasteiger partial charge in [-0.2, -0.15) is 0 Å². The number of anilines is 2. The number of fused-ring (bicyclic) bond motifs is 1. The number of nitrogens with two attached hydrogens (primary N) is 1. The largest absolute Gasteiger partial charge is 0.493 e. The molecule has 0 spiro atoms. The molecule has 0 radical (unpaired) electrons. The fraction of sp³-hybridized carbons (Fsp3) is 0.211. The maximum absolute atomic E-state index is 14.1. The molecule has 2 aromatic rings. The first-order valence-corrected chi connectivity index (χ1v) is 8.22. The smallest absolute Gasteiger partial charge is 0.306 e. The highest BCUT2D eigenvalue weighted by molar-refractivity contribution is 5.80. The number of aliphatic carboxylic acids is 1. The number of ether oxygens (including phenoxy) is 3. The molecule has 0 atom stereocenters. The Bertz CT molecular complexity index is 898. The zero-order valence-corrected chi connectivity index (χ0v) is 14.6. The van der Waals surface area contributed by atoms with Crippen LogP contribution in [0, 0.1) is 5.82 Å². The molecule has 1 heterocycles. The van der Waals surface area contributed by atoms with Crippen LogP contribution in [0.4, 0.5) is 15.8 Å². The lowest BCUT2D eigenvalue weighted by atomic mass is 10.1. The summed E-state index contributed by atoms with van der Waals surface area (Å²) in [5.74, 6) is -0.169. The monoisotopic (exact) mass is 374 g/mol. The summed E-state index contributed by atoms with van der Waals surface area (Å²) in [5.41, 5.74) is 7.24. The molecule has 0 saturated carbocycles. The molecule has 2 aromatic carbocycles. The Hall–Kier alpha value is -3.42. The number of rotatable bonds is 7. The summed E-state index contributed by atoms with van der Waals surface area (Å²) in [6.45, 7) is 0.486. The van der Waals surface area contributed by atoms with Gasteiger partial charge in [0.2, 0.25) is 0 Å². The number of nitrogens with one attached hydrogen (secondary N) is 1. The molecular formula is C19H19FN2O5. The zero-order valence-electron chi connectivity index (χ0n) is 14.6. The maximum Gasteiger partial charge on any atom is 0.306 e. The third kappa shape index (κ3) is 4.22. The highest BCUT2D eigenvalue weighted by atomic mass is 19.1. The van der Waals surface area contributed by atoms with Gasteiger partial charge in [0.15, 0.2) is 23.1 Å². The van der Waals surface area contributed by atoms with E-state index in [0.717, 1.165) is 0 Å². The molecule has 8 heteroatoms. The van der Waals surface area contributed by atoms with Crippen LogP contribution in [0.25, 0.3) is 5.76 Å². The Morgan fingerprint density at radius 3 is 2.78 bits per heavy atom. The lowest BCUT2D eigenvalue weighted by molar-refractivity contribution is -0.137. The van der Waals surface area contributed by atoms with Crippen molar-refractivity contribution in [3.8, 4) is 17.2 Å². The standard InChI is InChI=1S/C19H19FN2O5/c1-25-17-9-12-14(10-18(17)26-7-5-19(23)24)22-6-4-15(12)27-16-3-2-11(21)8-13(16)20/h2-4,8-10,22H,5-7,21H2,1H3,(H,23,24). The third-order valence-electron chi connectivity index (χ3n) is 3.90. The first kappa shape index (κ1) is 18.4. The van der Waals surface area contributed by atoms with Crippen molar-refractivity contribution in [2.24, 2.45) is 0 Å². The van der Waals surface area contributed by atoms with Crippen molar-refractivity contribution >= 4 is 23.1 Å². The van der Waals surface area contributed by atoms with Crippen molar-refractivity contribution in [2.45, 2.75) is 6.42 Å². The van der Waals surface area contributed by atoms with E-state index < -0.39 is 11.8 Å². The Labute approximate surface area is 155 Å². The molecule has 7 nitrogen and oxygen atoms in total. The molecule has 0 bridgehead atoms. The van der Waals surface area contributed by atoms with Gasteiger partial charge in [-0.25, -0.2) is 4.39 Å². The van der Waals surface area contributed by atoms with Crippen LogP contribution in [-0.4, -0.2) is 31.3 Å². The number of hydrogen-bond acceptors (Lipinski definition) is 6. The first-order valence-electron chi connectivity index (χ1n) is 8.22. The molecule has 0 amide bonds. The number of carboxylic acids is 1. The van der Waals surface area contributed by atoms with Crippen LogP contribution >= 0.6 is 0 Å². The number of carbonyl (C=O) groups is 1. The summed E-state index contributed by atoms with van der Waals surface area (Å²) in [5, 5.41) is 11.9. The minimum Gasteiger partial charge on any atom is -0.493 e. The summed E-state index contributed by atoms with van der Waals surface area (Å²) < 4.78 is 30.6. The molecule has 0 aliphatic carbocycles. The molecule has 142 valence electrons. The van der Waals surface area contributed by atoms with Crippen LogP contribution < -0.4 is 25.3 Å². The van der Waals surface area contributed by atoms with Gasteiger partial charge < -0.3 is 30.4 Å². The van der Waals surface area contributed by atoms with Gasteiger partial charge in [0.1, 0.15) is 5.76 Å².